The summed E-state index contributed by atoms with van der Waals surface area (Å²) in [5.41, 5.74) is 3.16. The Balaban J connectivity index is 1.82. The lowest BCUT2D eigenvalue weighted by molar-refractivity contribution is -0.106. The van der Waals surface area contributed by atoms with Crippen molar-refractivity contribution in [3.8, 4) is 0 Å². The van der Waals surface area contributed by atoms with Crippen LogP contribution in [0.3, 0.4) is 0 Å². The molecule has 0 bridgehead atoms. The van der Waals surface area contributed by atoms with Gasteiger partial charge in [-0.1, -0.05) is 48.5 Å². The molecule has 0 radical (unpaired) electrons. The van der Waals surface area contributed by atoms with E-state index >= 15 is 0 Å². The highest BCUT2D eigenvalue weighted by Crippen LogP contribution is 2.33. The van der Waals surface area contributed by atoms with Crippen LogP contribution in [0.1, 0.15) is 16.8 Å². The standard InChI is InChI=1S/C22H21F3N4O2S/c23-22(24,25)15-32(30,31)29-12-18-8-4-5-9-21(18)28(13-19-11-26-16-27-19)14-20(29)10-17-6-2-1-3-7-17/h1-9,11,14,16H,10,12-13,15H2,(H,26,27). The van der Waals surface area contributed by atoms with E-state index in [-0.39, 0.29) is 18.7 Å². The molecule has 168 valence electrons. The Morgan fingerprint density at radius 2 is 1.75 bits per heavy atom. The van der Waals surface area contributed by atoms with Crippen molar-refractivity contribution in [1.82, 2.24) is 14.3 Å². The number of sulfonamides is 1. The Labute approximate surface area is 184 Å². The lowest BCUT2D eigenvalue weighted by Crippen LogP contribution is -2.37. The van der Waals surface area contributed by atoms with Crippen molar-refractivity contribution in [3.63, 3.8) is 0 Å². The van der Waals surface area contributed by atoms with Gasteiger partial charge in [-0.2, -0.15) is 13.2 Å². The van der Waals surface area contributed by atoms with Gasteiger partial charge in [0.1, 0.15) is 0 Å². The number of rotatable bonds is 6. The Kier molecular flexibility index (Phi) is 5.96. The summed E-state index contributed by atoms with van der Waals surface area (Å²) < 4.78 is 66.1. The molecule has 1 aliphatic heterocycles. The maximum Gasteiger partial charge on any atom is 0.404 e. The number of hydrogen-bond acceptors (Lipinski definition) is 4. The molecule has 0 saturated heterocycles. The average Bonchev–Trinajstić information content (AvgIpc) is 3.18. The molecule has 0 spiro atoms. The van der Waals surface area contributed by atoms with Crippen LogP contribution in [0.15, 0.2) is 79.0 Å². The van der Waals surface area contributed by atoms with Crippen molar-refractivity contribution < 1.29 is 21.6 Å². The molecule has 0 unspecified atom stereocenters. The van der Waals surface area contributed by atoms with Gasteiger partial charge in [-0.15, -0.1) is 0 Å². The maximum atomic E-state index is 13.1. The fraction of sp³-hybridized carbons (Fsp3) is 0.227. The van der Waals surface area contributed by atoms with Gasteiger partial charge in [0.15, 0.2) is 5.75 Å². The molecule has 1 aromatic heterocycles. The van der Waals surface area contributed by atoms with Crippen molar-refractivity contribution in [2.75, 3.05) is 10.7 Å². The summed E-state index contributed by atoms with van der Waals surface area (Å²) in [4.78, 5) is 8.86. The van der Waals surface area contributed by atoms with Crippen LogP contribution in [0.25, 0.3) is 0 Å². The van der Waals surface area contributed by atoms with Crippen LogP contribution in [-0.2, 0) is 29.5 Å². The molecule has 0 fully saturated rings. The average molecular weight is 462 g/mol. The monoisotopic (exact) mass is 462 g/mol. The highest BCUT2D eigenvalue weighted by molar-refractivity contribution is 7.89. The first-order chi connectivity index (χ1) is 15.2. The van der Waals surface area contributed by atoms with E-state index in [4.69, 9.17) is 0 Å². The number of para-hydroxylation sites is 1. The molecule has 0 atom stereocenters. The largest absolute Gasteiger partial charge is 0.404 e. The number of fused-ring (bicyclic) bond motifs is 1. The molecule has 1 aliphatic rings. The third kappa shape index (κ3) is 5.13. The summed E-state index contributed by atoms with van der Waals surface area (Å²) in [6.45, 7) is 0.162. The fourth-order valence-corrected chi connectivity index (χ4v) is 5.06. The third-order valence-corrected chi connectivity index (χ3v) is 6.77. The first-order valence-electron chi connectivity index (χ1n) is 9.85. The SMILES string of the molecule is O=S(=O)(CC(F)(F)F)N1Cc2ccccc2N(Cc2cnc[nH]2)C=C1Cc1ccccc1. The van der Waals surface area contributed by atoms with Crippen LogP contribution in [0, 0.1) is 0 Å². The molecule has 2 aromatic carbocycles. The van der Waals surface area contributed by atoms with E-state index in [0.717, 1.165) is 21.2 Å². The van der Waals surface area contributed by atoms with Gasteiger partial charge in [-0.05, 0) is 17.2 Å². The van der Waals surface area contributed by atoms with Gasteiger partial charge in [-0.25, -0.2) is 13.4 Å². The van der Waals surface area contributed by atoms with Crippen LogP contribution in [0.2, 0.25) is 0 Å². The number of alkyl halides is 3. The second-order valence-electron chi connectivity index (χ2n) is 7.49. The zero-order valence-corrected chi connectivity index (χ0v) is 17.8. The van der Waals surface area contributed by atoms with Gasteiger partial charge < -0.3 is 9.88 Å². The smallest absolute Gasteiger partial charge is 0.347 e. The van der Waals surface area contributed by atoms with E-state index in [2.05, 4.69) is 9.97 Å². The summed E-state index contributed by atoms with van der Waals surface area (Å²) in [6.07, 6.45) is 0.112. The lowest BCUT2D eigenvalue weighted by atomic mass is 10.1. The number of H-pyrrole nitrogens is 1. The minimum atomic E-state index is -4.85. The van der Waals surface area contributed by atoms with Crippen LogP contribution >= 0.6 is 0 Å². The molecule has 4 rings (SSSR count). The third-order valence-electron chi connectivity index (χ3n) is 5.05. The number of benzene rings is 2. The number of hydrogen-bond donors (Lipinski definition) is 1. The molecule has 10 heteroatoms. The van der Waals surface area contributed by atoms with Gasteiger partial charge in [0.05, 0.1) is 25.1 Å². The number of aromatic amines is 1. The molecular weight excluding hydrogens is 441 g/mol. The molecule has 0 saturated carbocycles. The molecule has 3 aromatic rings. The van der Waals surface area contributed by atoms with Crippen LogP contribution in [-0.4, -0.2) is 34.6 Å². The second-order valence-corrected chi connectivity index (χ2v) is 9.39. The molecule has 1 N–H and O–H groups in total. The summed E-state index contributed by atoms with van der Waals surface area (Å²) in [6, 6.07) is 16.2. The molecule has 0 amide bonds. The zero-order valence-electron chi connectivity index (χ0n) is 17.0. The predicted molar refractivity (Wildman–Crippen MR) is 115 cm³/mol. The first-order valence-corrected chi connectivity index (χ1v) is 11.5. The van der Waals surface area contributed by atoms with E-state index in [1.807, 2.05) is 35.2 Å². The van der Waals surface area contributed by atoms with E-state index < -0.39 is 22.0 Å². The topological polar surface area (TPSA) is 69.3 Å². The van der Waals surface area contributed by atoms with Crippen molar-refractivity contribution in [2.45, 2.75) is 25.7 Å². The number of nitrogens with zero attached hydrogens (tertiary/aromatic N) is 3. The van der Waals surface area contributed by atoms with E-state index in [1.165, 1.54) is 6.33 Å². The van der Waals surface area contributed by atoms with Gasteiger partial charge in [-0.3, -0.25) is 4.31 Å². The maximum absolute atomic E-state index is 13.1. The fourth-order valence-electron chi connectivity index (χ4n) is 3.68. The summed E-state index contributed by atoms with van der Waals surface area (Å²) in [5, 5.41) is 0. The minimum Gasteiger partial charge on any atom is -0.347 e. The number of allylic oxidation sites excluding steroid dienone is 1. The Hall–Kier alpha value is -3.27. The van der Waals surface area contributed by atoms with Crippen molar-refractivity contribution in [2.24, 2.45) is 0 Å². The Morgan fingerprint density at radius 1 is 1.03 bits per heavy atom. The minimum absolute atomic E-state index is 0.158. The summed E-state index contributed by atoms with van der Waals surface area (Å²) in [7, 11) is -4.67. The van der Waals surface area contributed by atoms with E-state index in [1.54, 1.807) is 36.7 Å². The highest BCUT2D eigenvalue weighted by Gasteiger charge is 2.40. The predicted octanol–water partition coefficient (Wildman–Crippen LogP) is 4.21. The van der Waals surface area contributed by atoms with E-state index in [9.17, 15) is 21.6 Å². The second kappa shape index (κ2) is 8.70. The molecule has 32 heavy (non-hydrogen) atoms. The normalized spacial score (nSPS) is 14.7. The number of imidazole rings is 1. The number of anilines is 1. The van der Waals surface area contributed by atoms with Crippen molar-refractivity contribution in [3.05, 3.63) is 95.8 Å². The summed E-state index contributed by atoms with van der Waals surface area (Å²) in [5.74, 6) is -1.92. The molecule has 6 nitrogen and oxygen atoms in total. The van der Waals surface area contributed by atoms with Gasteiger partial charge >= 0.3 is 6.18 Å². The van der Waals surface area contributed by atoms with Crippen molar-refractivity contribution in [1.29, 1.82) is 0 Å². The number of aromatic nitrogens is 2. The van der Waals surface area contributed by atoms with Crippen LogP contribution in [0.5, 0.6) is 0 Å². The van der Waals surface area contributed by atoms with Crippen molar-refractivity contribution >= 4 is 15.7 Å². The molecular formula is C22H21F3N4O2S. The Morgan fingerprint density at radius 3 is 2.44 bits per heavy atom. The van der Waals surface area contributed by atoms with E-state index in [0.29, 0.717) is 12.1 Å². The van der Waals surface area contributed by atoms with Crippen LogP contribution < -0.4 is 4.90 Å². The number of nitrogens with one attached hydrogen (secondary N) is 1. The van der Waals surface area contributed by atoms with Gasteiger partial charge in [0.25, 0.3) is 0 Å². The van der Waals surface area contributed by atoms with Crippen LogP contribution in [0.4, 0.5) is 18.9 Å². The Bertz CT molecular complexity index is 1190. The first kappa shape index (κ1) is 21.9. The lowest BCUT2D eigenvalue weighted by Gasteiger charge is -2.26. The summed E-state index contributed by atoms with van der Waals surface area (Å²) >= 11 is 0. The molecule has 2 heterocycles. The van der Waals surface area contributed by atoms with Gasteiger partial charge in [0.2, 0.25) is 10.0 Å². The highest BCUT2D eigenvalue weighted by atomic mass is 32.2. The molecule has 0 aliphatic carbocycles. The van der Waals surface area contributed by atoms with Gasteiger partial charge in [0, 0.05) is 30.2 Å². The zero-order chi connectivity index (χ0) is 22.8. The number of halogens is 3. The quantitative estimate of drug-likeness (QED) is 0.596.